The van der Waals surface area contributed by atoms with Gasteiger partial charge in [-0.2, -0.15) is 5.75 Å². The van der Waals surface area contributed by atoms with Crippen LogP contribution in [0.15, 0.2) is 0 Å². The monoisotopic (exact) mass is 482 g/mol. The summed E-state index contributed by atoms with van der Waals surface area (Å²) < 4.78 is 0. The van der Waals surface area contributed by atoms with Crippen molar-refractivity contribution in [2.24, 2.45) is 0 Å². The zero-order chi connectivity index (χ0) is 14.0. The molecule has 0 aromatic rings. The van der Waals surface area contributed by atoms with Crippen molar-refractivity contribution >= 4 is 12.6 Å². The van der Waals surface area contributed by atoms with Gasteiger partial charge in [-0.25, -0.2) is 0 Å². The third-order valence-electron chi connectivity index (χ3n) is 4.00. The minimum absolute atomic E-state index is 0. The summed E-state index contributed by atoms with van der Waals surface area (Å²) in [5.41, 5.74) is 0. The van der Waals surface area contributed by atoms with E-state index in [1.54, 1.807) is 0 Å². The molecule has 0 radical (unpaired) electrons. The van der Waals surface area contributed by atoms with Crippen molar-refractivity contribution in [1.29, 1.82) is 0 Å². The minimum atomic E-state index is 0. The van der Waals surface area contributed by atoms with Gasteiger partial charge in [0.2, 0.25) is 0 Å². The quantitative estimate of drug-likeness (QED) is 0.133. The van der Waals surface area contributed by atoms with Crippen molar-refractivity contribution in [2.45, 2.75) is 110 Å². The van der Waals surface area contributed by atoms with Crippen molar-refractivity contribution < 1.29 is 22.4 Å². The molecule has 0 unspecified atom stereocenters. The fourth-order valence-corrected chi connectivity index (χ4v) is 2.85. The molecule has 0 saturated heterocycles. The van der Waals surface area contributed by atoms with E-state index in [1.807, 2.05) is 0 Å². The Kier molecular flexibility index (Phi) is 26.1. The average molecular weight is 483 g/mol. The molecule has 0 aliphatic carbocycles. The van der Waals surface area contributed by atoms with Crippen LogP contribution in [-0.2, 0) is 35.0 Å². The van der Waals surface area contributed by atoms with Gasteiger partial charge in [0.05, 0.1) is 0 Å². The summed E-state index contributed by atoms with van der Waals surface area (Å²) >= 11 is 4.95. The molecule has 0 heterocycles. The Hall–Kier alpha value is 1.09. The van der Waals surface area contributed by atoms with Crippen molar-refractivity contribution in [3.8, 4) is 0 Å². The van der Waals surface area contributed by atoms with Gasteiger partial charge in [-0.05, 0) is 0 Å². The molecular formula is C18H37AuS. The Morgan fingerprint density at radius 1 is 0.450 bits per heavy atom. The maximum absolute atomic E-state index is 4.95. The van der Waals surface area contributed by atoms with Crippen LogP contribution in [0.1, 0.15) is 110 Å². The fraction of sp³-hybridized carbons (Fsp3) is 1.00. The van der Waals surface area contributed by atoms with Crippen LogP contribution in [0.5, 0.6) is 0 Å². The van der Waals surface area contributed by atoms with Crippen molar-refractivity contribution in [3.63, 3.8) is 0 Å². The normalized spacial score (nSPS) is 10.5. The van der Waals surface area contributed by atoms with Crippen molar-refractivity contribution in [1.82, 2.24) is 0 Å². The molecule has 2 heteroatoms. The van der Waals surface area contributed by atoms with Gasteiger partial charge in [0, 0.05) is 0 Å². The van der Waals surface area contributed by atoms with Gasteiger partial charge in [-0.1, -0.05) is 110 Å². The SMILES string of the molecule is CCCCCCCCCCCCCCCCCC[S-].[Au+]. The Balaban J connectivity index is 0. The van der Waals surface area contributed by atoms with Crippen LogP contribution in [0.4, 0.5) is 0 Å². The van der Waals surface area contributed by atoms with Crippen LogP contribution in [0, 0.1) is 0 Å². The molecule has 0 amide bonds. The fourth-order valence-electron chi connectivity index (χ4n) is 2.65. The first-order chi connectivity index (χ1) is 9.41. The number of unbranched alkanes of at least 4 members (excludes halogenated alkanes) is 15. The summed E-state index contributed by atoms with van der Waals surface area (Å²) in [7, 11) is 0. The zero-order valence-corrected chi connectivity index (χ0v) is 16.7. The molecule has 0 aromatic heterocycles. The molecule has 0 N–H and O–H groups in total. The summed E-state index contributed by atoms with van der Waals surface area (Å²) in [6.07, 6.45) is 23.0. The van der Waals surface area contributed by atoms with Crippen LogP contribution in [0.2, 0.25) is 0 Å². The Morgan fingerprint density at radius 3 is 0.950 bits per heavy atom. The molecule has 0 spiro atoms. The van der Waals surface area contributed by atoms with Gasteiger partial charge in [-0.15, -0.1) is 0 Å². The van der Waals surface area contributed by atoms with Gasteiger partial charge >= 0.3 is 22.4 Å². The van der Waals surface area contributed by atoms with Crippen LogP contribution in [0.25, 0.3) is 0 Å². The summed E-state index contributed by atoms with van der Waals surface area (Å²) in [4.78, 5) is 0. The van der Waals surface area contributed by atoms with E-state index in [0.717, 1.165) is 5.75 Å². The second-order valence-electron chi connectivity index (χ2n) is 6.01. The molecule has 0 aliphatic heterocycles. The molecule has 0 nitrogen and oxygen atoms in total. The van der Waals surface area contributed by atoms with Crippen molar-refractivity contribution in [3.05, 3.63) is 0 Å². The topological polar surface area (TPSA) is 0 Å². The minimum Gasteiger partial charge on any atom is -0.793 e. The summed E-state index contributed by atoms with van der Waals surface area (Å²) in [5.74, 6) is 0.957. The third kappa shape index (κ3) is 21.4. The van der Waals surface area contributed by atoms with E-state index in [-0.39, 0.29) is 22.4 Å². The van der Waals surface area contributed by atoms with Gasteiger partial charge in [0.15, 0.2) is 0 Å². The van der Waals surface area contributed by atoms with E-state index < -0.39 is 0 Å². The van der Waals surface area contributed by atoms with E-state index in [2.05, 4.69) is 6.92 Å². The molecule has 126 valence electrons. The number of rotatable bonds is 16. The summed E-state index contributed by atoms with van der Waals surface area (Å²) in [6, 6.07) is 0. The molecule has 0 fully saturated rings. The molecule has 0 aliphatic rings. The number of hydrogen-bond donors (Lipinski definition) is 0. The summed E-state index contributed by atoms with van der Waals surface area (Å²) in [6.45, 7) is 2.29. The summed E-state index contributed by atoms with van der Waals surface area (Å²) in [5, 5.41) is 0. The second kappa shape index (κ2) is 22.4. The Labute approximate surface area is 150 Å². The molecule has 0 bridgehead atoms. The van der Waals surface area contributed by atoms with E-state index in [1.165, 1.54) is 103 Å². The molecular weight excluding hydrogens is 445 g/mol. The van der Waals surface area contributed by atoms with E-state index >= 15 is 0 Å². The van der Waals surface area contributed by atoms with Crippen LogP contribution >= 0.6 is 0 Å². The zero-order valence-electron chi connectivity index (χ0n) is 13.7. The Bertz CT molecular complexity index is 134. The number of hydrogen-bond acceptors (Lipinski definition) is 1. The van der Waals surface area contributed by atoms with Gasteiger partial charge in [0.1, 0.15) is 0 Å². The molecule has 0 rings (SSSR count). The first kappa shape index (κ1) is 23.4. The smallest absolute Gasteiger partial charge is 0.793 e. The largest absolute Gasteiger partial charge is 1.00 e. The third-order valence-corrected chi connectivity index (χ3v) is 4.29. The van der Waals surface area contributed by atoms with Gasteiger partial charge in [-0.3, -0.25) is 0 Å². The van der Waals surface area contributed by atoms with Crippen LogP contribution < -0.4 is 0 Å². The first-order valence-corrected chi connectivity index (χ1v) is 9.57. The van der Waals surface area contributed by atoms with Gasteiger partial charge in [0.25, 0.3) is 0 Å². The maximum atomic E-state index is 4.95. The molecule has 0 saturated carbocycles. The predicted molar refractivity (Wildman–Crippen MR) is 91.8 cm³/mol. The Morgan fingerprint density at radius 2 is 0.700 bits per heavy atom. The van der Waals surface area contributed by atoms with Crippen LogP contribution in [-0.4, -0.2) is 5.75 Å². The molecule has 20 heavy (non-hydrogen) atoms. The van der Waals surface area contributed by atoms with Crippen LogP contribution in [0.3, 0.4) is 0 Å². The second-order valence-corrected chi connectivity index (χ2v) is 6.42. The van der Waals surface area contributed by atoms with E-state index in [9.17, 15) is 0 Å². The average Bonchev–Trinajstić information content (AvgIpc) is 2.43. The molecule has 0 aromatic carbocycles. The maximum Gasteiger partial charge on any atom is 1.00 e. The first-order valence-electron chi connectivity index (χ1n) is 9.00. The predicted octanol–water partition coefficient (Wildman–Crippen LogP) is 6.79. The standard InChI is InChI=1S/C18H38S.Au/c1-2-3-4-5-6-7-8-9-10-11-12-13-14-15-16-17-18-19;/h19H,2-18H2,1H3;/q;+1/p-1. The van der Waals surface area contributed by atoms with E-state index in [0.29, 0.717) is 0 Å². The van der Waals surface area contributed by atoms with E-state index in [4.69, 9.17) is 12.6 Å². The van der Waals surface area contributed by atoms with Gasteiger partial charge < -0.3 is 12.6 Å². The van der Waals surface area contributed by atoms with Crippen molar-refractivity contribution in [2.75, 3.05) is 5.75 Å². The molecule has 0 atom stereocenters.